The van der Waals surface area contributed by atoms with E-state index in [1.807, 2.05) is 0 Å². The maximum atomic E-state index is 11.1. The normalized spacial score (nSPS) is 46.1. The number of hydrogen-bond acceptors (Lipinski definition) is 2. The standard InChI is InChI=1S/C9H16N2O/c1-6-7-2-3-8(9(10)12)11(6)5-4-7/h6-8H,2-5H2,1H3,(H2,10,12)/t6?,7-,8?/m0/s1. The van der Waals surface area contributed by atoms with Crippen molar-refractivity contribution < 1.29 is 4.79 Å². The van der Waals surface area contributed by atoms with Crippen molar-refractivity contribution in [2.75, 3.05) is 6.54 Å². The summed E-state index contributed by atoms with van der Waals surface area (Å²) in [6, 6.07) is 0.606. The van der Waals surface area contributed by atoms with Gasteiger partial charge >= 0.3 is 0 Å². The van der Waals surface area contributed by atoms with E-state index in [0.29, 0.717) is 6.04 Å². The van der Waals surface area contributed by atoms with Crippen LogP contribution in [0.2, 0.25) is 0 Å². The number of rotatable bonds is 1. The first kappa shape index (κ1) is 8.05. The van der Waals surface area contributed by atoms with Crippen LogP contribution in [0.25, 0.3) is 0 Å². The van der Waals surface area contributed by atoms with Crippen LogP contribution < -0.4 is 5.73 Å². The second-order valence-electron chi connectivity index (χ2n) is 4.02. The van der Waals surface area contributed by atoms with Crippen molar-refractivity contribution in [3.63, 3.8) is 0 Å². The lowest BCUT2D eigenvalue weighted by Gasteiger charge is -2.35. The van der Waals surface area contributed by atoms with Crippen molar-refractivity contribution in [3.05, 3.63) is 0 Å². The number of nitrogens with zero attached hydrogens (tertiary/aromatic N) is 1. The van der Waals surface area contributed by atoms with Crippen LogP contribution in [0.1, 0.15) is 26.2 Å². The van der Waals surface area contributed by atoms with Gasteiger partial charge in [0.15, 0.2) is 0 Å². The molecule has 0 aromatic carbocycles. The predicted octanol–water partition coefficient (Wildman–Crippen LogP) is 0.345. The molecular weight excluding hydrogens is 152 g/mol. The van der Waals surface area contributed by atoms with E-state index in [0.717, 1.165) is 18.9 Å². The molecule has 0 saturated carbocycles. The quantitative estimate of drug-likeness (QED) is 0.614. The largest absolute Gasteiger partial charge is 0.368 e. The minimum Gasteiger partial charge on any atom is -0.368 e. The van der Waals surface area contributed by atoms with Gasteiger partial charge in [0, 0.05) is 6.04 Å². The summed E-state index contributed by atoms with van der Waals surface area (Å²) >= 11 is 0. The van der Waals surface area contributed by atoms with E-state index >= 15 is 0 Å². The molecule has 2 fully saturated rings. The zero-order valence-corrected chi connectivity index (χ0v) is 7.49. The summed E-state index contributed by atoms with van der Waals surface area (Å²) in [4.78, 5) is 13.3. The Labute approximate surface area is 72.9 Å². The van der Waals surface area contributed by atoms with E-state index in [4.69, 9.17) is 5.73 Å². The third-order valence-corrected chi connectivity index (χ3v) is 3.50. The number of piperidine rings is 1. The van der Waals surface area contributed by atoms with Crippen molar-refractivity contribution in [2.24, 2.45) is 11.7 Å². The highest BCUT2D eigenvalue weighted by Crippen LogP contribution is 2.36. The second-order valence-corrected chi connectivity index (χ2v) is 4.02. The lowest BCUT2D eigenvalue weighted by molar-refractivity contribution is -0.124. The van der Waals surface area contributed by atoms with E-state index in [-0.39, 0.29) is 11.9 Å². The number of nitrogens with two attached hydrogens (primary N) is 1. The van der Waals surface area contributed by atoms with Crippen molar-refractivity contribution >= 4 is 5.91 Å². The maximum absolute atomic E-state index is 11.1. The van der Waals surface area contributed by atoms with Gasteiger partial charge in [0.25, 0.3) is 0 Å². The average molecular weight is 168 g/mol. The summed E-state index contributed by atoms with van der Waals surface area (Å²) in [5.41, 5.74) is 5.33. The van der Waals surface area contributed by atoms with E-state index in [2.05, 4.69) is 11.8 Å². The molecule has 2 rings (SSSR count). The zero-order valence-electron chi connectivity index (χ0n) is 7.49. The smallest absolute Gasteiger partial charge is 0.234 e. The van der Waals surface area contributed by atoms with Gasteiger partial charge in [-0.05, 0) is 38.6 Å². The molecule has 0 radical (unpaired) electrons. The third kappa shape index (κ3) is 1.04. The molecule has 0 aliphatic carbocycles. The highest BCUT2D eigenvalue weighted by Gasteiger charge is 2.41. The van der Waals surface area contributed by atoms with E-state index in [1.165, 1.54) is 12.8 Å². The molecule has 2 heterocycles. The minimum absolute atomic E-state index is 0.0266. The van der Waals surface area contributed by atoms with Gasteiger partial charge in [-0.15, -0.1) is 0 Å². The van der Waals surface area contributed by atoms with Crippen molar-refractivity contribution in [1.29, 1.82) is 0 Å². The Bertz CT molecular complexity index is 205. The summed E-state index contributed by atoms with van der Waals surface area (Å²) in [6.45, 7) is 3.28. The molecule has 2 aliphatic heterocycles. The highest BCUT2D eigenvalue weighted by atomic mass is 16.1. The average Bonchev–Trinajstić information content (AvgIpc) is 2.32. The molecule has 4 atom stereocenters. The highest BCUT2D eigenvalue weighted by molar-refractivity contribution is 5.80. The predicted molar refractivity (Wildman–Crippen MR) is 46.5 cm³/mol. The Morgan fingerprint density at radius 3 is 2.83 bits per heavy atom. The Morgan fingerprint density at radius 2 is 2.17 bits per heavy atom. The molecule has 0 aromatic rings. The van der Waals surface area contributed by atoms with Crippen LogP contribution in [0, 0.1) is 5.92 Å². The molecule has 2 aliphatic rings. The fourth-order valence-corrected chi connectivity index (χ4v) is 2.70. The monoisotopic (exact) mass is 168 g/mol. The first-order valence-corrected chi connectivity index (χ1v) is 4.75. The van der Waals surface area contributed by atoms with Crippen LogP contribution in [0.4, 0.5) is 0 Å². The van der Waals surface area contributed by atoms with Crippen LogP contribution in [0.5, 0.6) is 0 Å². The second kappa shape index (κ2) is 2.73. The van der Waals surface area contributed by atoms with Gasteiger partial charge in [-0.2, -0.15) is 0 Å². The van der Waals surface area contributed by atoms with Crippen LogP contribution in [-0.4, -0.2) is 29.4 Å². The van der Waals surface area contributed by atoms with Crippen molar-refractivity contribution in [3.8, 4) is 0 Å². The van der Waals surface area contributed by atoms with Crippen molar-refractivity contribution in [1.82, 2.24) is 4.90 Å². The number of hydrogen-bond donors (Lipinski definition) is 1. The Morgan fingerprint density at radius 1 is 1.42 bits per heavy atom. The molecular formula is C9H16N2O. The van der Waals surface area contributed by atoms with Crippen LogP contribution in [0.15, 0.2) is 0 Å². The lowest BCUT2D eigenvalue weighted by Crippen LogP contribution is -2.49. The molecule has 2 saturated heterocycles. The van der Waals surface area contributed by atoms with Crippen LogP contribution >= 0.6 is 0 Å². The maximum Gasteiger partial charge on any atom is 0.234 e. The number of primary amides is 1. The number of fused-ring (bicyclic) bond motifs is 2. The number of carbonyl (C=O) groups is 1. The molecule has 1 amide bonds. The molecule has 3 unspecified atom stereocenters. The van der Waals surface area contributed by atoms with E-state index in [9.17, 15) is 4.79 Å². The van der Waals surface area contributed by atoms with Gasteiger partial charge in [-0.1, -0.05) is 0 Å². The zero-order chi connectivity index (χ0) is 8.72. The third-order valence-electron chi connectivity index (χ3n) is 3.50. The fourth-order valence-electron chi connectivity index (χ4n) is 2.70. The van der Waals surface area contributed by atoms with Crippen LogP contribution in [-0.2, 0) is 4.79 Å². The summed E-state index contributed by atoms with van der Waals surface area (Å²) < 4.78 is 0. The van der Waals surface area contributed by atoms with E-state index in [1.54, 1.807) is 0 Å². The first-order valence-electron chi connectivity index (χ1n) is 4.75. The summed E-state index contributed by atoms with van der Waals surface area (Å²) in [7, 11) is 0. The van der Waals surface area contributed by atoms with Gasteiger partial charge in [0.05, 0.1) is 6.04 Å². The van der Waals surface area contributed by atoms with Gasteiger partial charge in [-0.3, -0.25) is 9.69 Å². The minimum atomic E-state index is -0.137. The van der Waals surface area contributed by atoms with Gasteiger partial charge in [0.1, 0.15) is 0 Å². The molecule has 12 heavy (non-hydrogen) atoms. The fraction of sp³-hybridized carbons (Fsp3) is 0.889. The van der Waals surface area contributed by atoms with Crippen molar-refractivity contribution in [2.45, 2.75) is 38.3 Å². The molecule has 2 N–H and O–H groups in total. The Balaban J connectivity index is 2.14. The lowest BCUT2D eigenvalue weighted by atomic mass is 9.89. The Kier molecular flexibility index (Phi) is 1.83. The Hall–Kier alpha value is -0.570. The summed E-state index contributed by atoms with van der Waals surface area (Å²) in [5, 5.41) is 0. The molecule has 0 spiro atoms. The van der Waals surface area contributed by atoms with Gasteiger partial charge in [0.2, 0.25) is 5.91 Å². The van der Waals surface area contributed by atoms with Crippen LogP contribution in [0.3, 0.4) is 0 Å². The van der Waals surface area contributed by atoms with Gasteiger partial charge < -0.3 is 5.73 Å². The SMILES string of the molecule is CC1[C@H]2CCC(C(N)=O)N1CC2. The molecule has 68 valence electrons. The molecule has 3 heteroatoms. The molecule has 3 nitrogen and oxygen atoms in total. The number of amides is 1. The topological polar surface area (TPSA) is 46.3 Å². The first-order chi connectivity index (χ1) is 5.70. The summed E-state index contributed by atoms with van der Waals surface area (Å²) in [5.74, 6) is 0.683. The molecule has 2 bridgehead atoms. The molecule has 0 aromatic heterocycles. The number of carbonyl (C=O) groups excluding carboxylic acids is 1. The van der Waals surface area contributed by atoms with Gasteiger partial charge in [-0.25, -0.2) is 0 Å². The summed E-state index contributed by atoms with van der Waals surface area (Å²) in [6.07, 6.45) is 3.42. The van der Waals surface area contributed by atoms with E-state index < -0.39 is 0 Å².